The lowest BCUT2D eigenvalue weighted by molar-refractivity contribution is 0.113. The number of benzene rings is 2. The van der Waals surface area contributed by atoms with E-state index >= 15 is 8.78 Å². The maximum absolute atomic E-state index is 15.8. The Labute approximate surface area is 201 Å². The SMILES string of the molecule is CCCC1CCC2CC(c3ccc4c(oc5c(F)c(OC6CCCC6)ccc54)c3F)CCC2C1. The highest BCUT2D eigenvalue weighted by Crippen LogP contribution is 2.49. The lowest BCUT2D eigenvalue weighted by atomic mass is 9.63. The number of hydrogen-bond acceptors (Lipinski definition) is 2. The molecule has 4 atom stereocenters. The number of ether oxygens (including phenoxy) is 1. The zero-order valence-corrected chi connectivity index (χ0v) is 20.3. The minimum absolute atomic E-state index is 0.0619. The number of hydrogen-bond donors (Lipinski definition) is 0. The van der Waals surface area contributed by atoms with E-state index in [0.29, 0.717) is 16.7 Å². The Bertz CT molecular complexity index is 1180. The summed E-state index contributed by atoms with van der Waals surface area (Å²) in [5.74, 6) is 2.06. The van der Waals surface area contributed by atoms with Crippen molar-refractivity contribution in [3.05, 3.63) is 41.5 Å². The molecule has 4 heteroatoms. The molecule has 2 nitrogen and oxygen atoms in total. The molecule has 34 heavy (non-hydrogen) atoms. The van der Waals surface area contributed by atoms with Gasteiger partial charge in [0.25, 0.3) is 0 Å². The molecule has 6 rings (SSSR count). The zero-order valence-electron chi connectivity index (χ0n) is 20.3. The maximum Gasteiger partial charge on any atom is 0.208 e. The summed E-state index contributed by atoms with van der Waals surface area (Å²) in [4.78, 5) is 0. The predicted molar refractivity (Wildman–Crippen MR) is 132 cm³/mol. The van der Waals surface area contributed by atoms with Crippen LogP contribution in [0, 0.1) is 29.4 Å². The first-order chi connectivity index (χ1) is 16.6. The third-order valence-electron chi connectivity index (χ3n) is 9.14. The van der Waals surface area contributed by atoms with Gasteiger partial charge < -0.3 is 9.15 Å². The number of halogens is 2. The van der Waals surface area contributed by atoms with Gasteiger partial charge in [-0.15, -0.1) is 0 Å². The summed E-state index contributed by atoms with van der Waals surface area (Å²) in [6.07, 6.45) is 14.1. The smallest absolute Gasteiger partial charge is 0.208 e. The molecule has 3 fully saturated rings. The fourth-order valence-electron chi connectivity index (χ4n) is 7.37. The van der Waals surface area contributed by atoms with E-state index in [2.05, 4.69) is 6.92 Å². The summed E-state index contributed by atoms with van der Waals surface area (Å²) >= 11 is 0. The van der Waals surface area contributed by atoms with Crippen molar-refractivity contribution >= 4 is 21.9 Å². The Morgan fingerprint density at radius 3 is 2.32 bits per heavy atom. The standard InChI is InChI=1S/C30H36F2O2/c1-2-5-18-8-9-20-17-21(11-10-19(20)16-18)23-12-13-24-25-14-15-26(33-22-6-3-4-7-22)28(32)30(25)34-29(24)27(23)31/h12-15,18-22H,2-11,16-17H2,1H3. The van der Waals surface area contributed by atoms with E-state index in [9.17, 15) is 0 Å². The first-order valence-corrected chi connectivity index (χ1v) is 13.6. The monoisotopic (exact) mass is 466 g/mol. The molecule has 0 aliphatic heterocycles. The van der Waals surface area contributed by atoms with Gasteiger partial charge in [-0.05, 0) is 105 Å². The van der Waals surface area contributed by atoms with Crippen LogP contribution in [0.4, 0.5) is 8.78 Å². The van der Waals surface area contributed by atoms with E-state index in [0.717, 1.165) is 55.9 Å². The molecule has 0 amide bonds. The minimum Gasteiger partial charge on any atom is -0.487 e. The molecule has 0 N–H and O–H groups in total. The first-order valence-electron chi connectivity index (χ1n) is 13.6. The fraction of sp³-hybridized carbons (Fsp3) is 0.600. The summed E-state index contributed by atoms with van der Waals surface area (Å²) in [6, 6.07) is 7.35. The van der Waals surface area contributed by atoms with Crippen LogP contribution in [0.25, 0.3) is 21.9 Å². The number of rotatable bonds is 5. The van der Waals surface area contributed by atoms with Gasteiger partial charge in [-0.3, -0.25) is 0 Å². The van der Waals surface area contributed by atoms with Crippen LogP contribution in [0.3, 0.4) is 0 Å². The van der Waals surface area contributed by atoms with Crippen molar-refractivity contribution in [2.75, 3.05) is 0 Å². The zero-order chi connectivity index (χ0) is 23.2. The Morgan fingerprint density at radius 2 is 1.53 bits per heavy atom. The lowest BCUT2D eigenvalue weighted by Gasteiger charge is -2.42. The minimum atomic E-state index is -0.508. The van der Waals surface area contributed by atoms with Crippen LogP contribution in [0.15, 0.2) is 28.7 Å². The summed E-state index contributed by atoms with van der Waals surface area (Å²) in [5, 5.41) is 1.27. The highest BCUT2D eigenvalue weighted by molar-refractivity contribution is 6.05. The van der Waals surface area contributed by atoms with Crippen LogP contribution in [-0.2, 0) is 0 Å². The van der Waals surface area contributed by atoms with Crippen molar-refractivity contribution in [1.82, 2.24) is 0 Å². The molecular weight excluding hydrogens is 430 g/mol. The molecule has 1 heterocycles. The Kier molecular flexibility index (Phi) is 6.03. The summed E-state index contributed by atoms with van der Waals surface area (Å²) < 4.78 is 42.8. The van der Waals surface area contributed by atoms with Crippen molar-refractivity contribution in [2.24, 2.45) is 17.8 Å². The van der Waals surface area contributed by atoms with E-state index < -0.39 is 5.82 Å². The van der Waals surface area contributed by atoms with E-state index in [4.69, 9.17) is 9.15 Å². The van der Waals surface area contributed by atoms with Crippen molar-refractivity contribution in [3.63, 3.8) is 0 Å². The van der Waals surface area contributed by atoms with E-state index in [1.54, 1.807) is 6.07 Å². The first kappa shape index (κ1) is 22.4. The van der Waals surface area contributed by atoms with Crippen LogP contribution in [0.1, 0.15) is 95.5 Å². The van der Waals surface area contributed by atoms with Gasteiger partial charge in [-0.1, -0.05) is 32.3 Å². The van der Waals surface area contributed by atoms with Crippen molar-refractivity contribution < 1.29 is 17.9 Å². The molecule has 0 radical (unpaired) electrons. The highest BCUT2D eigenvalue weighted by atomic mass is 19.1. The molecule has 0 spiro atoms. The van der Waals surface area contributed by atoms with Gasteiger partial charge in [0.2, 0.25) is 5.82 Å². The second-order valence-corrected chi connectivity index (χ2v) is 11.2. The second kappa shape index (κ2) is 9.17. The predicted octanol–water partition coefficient (Wildman–Crippen LogP) is 9.29. The topological polar surface area (TPSA) is 22.4 Å². The molecule has 3 aliphatic rings. The Hall–Kier alpha value is -2.10. The molecule has 0 bridgehead atoms. The van der Waals surface area contributed by atoms with Crippen LogP contribution < -0.4 is 4.74 Å². The second-order valence-electron chi connectivity index (χ2n) is 11.2. The number of fused-ring (bicyclic) bond motifs is 4. The third kappa shape index (κ3) is 3.91. The van der Waals surface area contributed by atoms with Gasteiger partial charge in [0.1, 0.15) is 0 Å². The van der Waals surface area contributed by atoms with Crippen LogP contribution in [0.2, 0.25) is 0 Å². The van der Waals surface area contributed by atoms with Gasteiger partial charge >= 0.3 is 0 Å². The highest BCUT2D eigenvalue weighted by Gasteiger charge is 2.37. The lowest BCUT2D eigenvalue weighted by Crippen LogP contribution is -2.30. The van der Waals surface area contributed by atoms with Crippen molar-refractivity contribution in [2.45, 2.75) is 96.0 Å². The Morgan fingerprint density at radius 1 is 0.824 bits per heavy atom. The molecule has 2 aromatic carbocycles. The van der Waals surface area contributed by atoms with Gasteiger partial charge in [0.05, 0.1) is 6.10 Å². The van der Waals surface area contributed by atoms with Gasteiger partial charge in [-0.25, -0.2) is 4.39 Å². The van der Waals surface area contributed by atoms with E-state index in [1.807, 2.05) is 18.2 Å². The van der Waals surface area contributed by atoms with Crippen LogP contribution in [-0.4, -0.2) is 6.10 Å². The quantitative estimate of drug-likeness (QED) is 0.374. The summed E-state index contributed by atoms with van der Waals surface area (Å²) in [7, 11) is 0. The third-order valence-corrected chi connectivity index (χ3v) is 9.14. The average Bonchev–Trinajstić information content (AvgIpc) is 3.50. The maximum atomic E-state index is 15.8. The molecule has 3 aromatic rings. The average molecular weight is 467 g/mol. The molecular formula is C30H36F2O2. The normalized spacial score (nSPS) is 28.0. The number of furan rings is 1. The molecule has 3 saturated carbocycles. The van der Waals surface area contributed by atoms with Gasteiger partial charge in [0, 0.05) is 10.8 Å². The van der Waals surface area contributed by atoms with Crippen LogP contribution >= 0.6 is 0 Å². The van der Waals surface area contributed by atoms with E-state index in [1.165, 1.54) is 38.5 Å². The molecule has 4 unspecified atom stereocenters. The van der Waals surface area contributed by atoms with Crippen molar-refractivity contribution in [3.8, 4) is 5.75 Å². The van der Waals surface area contributed by atoms with Crippen LogP contribution in [0.5, 0.6) is 5.75 Å². The van der Waals surface area contributed by atoms with Gasteiger partial charge in [0.15, 0.2) is 22.7 Å². The summed E-state index contributed by atoms with van der Waals surface area (Å²) in [5.41, 5.74) is 1.06. The molecule has 3 aliphatic carbocycles. The Balaban J connectivity index is 1.27. The van der Waals surface area contributed by atoms with E-state index in [-0.39, 0.29) is 34.8 Å². The molecule has 1 aromatic heterocycles. The van der Waals surface area contributed by atoms with Crippen molar-refractivity contribution in [1.29, 1.82) is 0 Å². The molecule has 0 saturated heterocycles. The summed E-state index contributed by atoms with van der Waals surface area (Å²) in [6.45, 7) is 2.29. The largest absolute Gasteiger partial charge is 0.487 e. The van der Waals surface area contributed by atoms with Gasteiger partial charge in [-0.2, -0.15) is 4.39 Å². The fourth-order valence-corrected chi connectivity index (χ4v) is 7.37. The molecule has 182 valence electrons.